The Balaban J connectivity index is 1.43. The van der Waals surface area contributed by atoms with Crippen LogP contribution >= 0.6 is 0 Å². The highest BCUT2D eigenvalue weighted by molar-refractivity contribution is 5.64. The van der Waals surface area contributed by atoms with Gasteiger partial charge in [0.1, 0.15) is 23.7 Å². The summed E-state index contributed by atoms with van der Waals surface area (Å²) in [6, 6.07) is 10.9. The molecule has 0 atom stereocenters. The fourth-order valence-corrected chi connectivity index (χ4v) is 3.64. The summed E-state index contributed by atoms with van der Waals surface area (Å²) >= 11 is 0. The van der Waals surface area contributed by atoms with Crippen molar-refractivity contribution in [2.24, 2.45) is 0 Å². The maximum Gasteiger partial charge on any atom is 0.387 e. The molecule has 33 heavy (non-hydrogen) atoms. The molecule has 1 N–H and O–H groups in total. The molecular weight excluding hydrogens is 437 g/mol. The van der Waals surface area contributed by atoms with Crippen molar-refractivity contribution in [1.82, 2.24) is 29.5 Å². The minimum absolute atomic E-state index is 0.0724. The standard InChI is InChI=1S/C21H19F3N8O/c1-13-25-12-32(28-13)17-8-5-15(11-18(17)33-19(23)24)26-20-27-21-30(9-2-10-31(21)29-20)16-6-3-14(22)4-7-16/h3-8,11-12,19H,2,9-10H2,1H3,(H,26,29). The van der Waals surface area contributed by atoms with Crippen LogP contribution in [0, 0.1) is 12.7 Å². The van der Waals surface area contributed by atoms with Gasteiger partial charge in [-0.15, -0.1) is 5.10 Å². The van der Waals surface area contributed by atoms with Gasteiger partial charge in [-0.3, -0.25) is 0 Å². The lowest BCUT2D eigenvalue weighted by Gasteiger charge is -2.27. The Morgan fingerprint density at radius 2 is 1.88 bits per heavy atom. The van der Waals surface area contributed by atoms with Crippen LogP contribution in [-0.2, 0) is 6.54 Å². The molecule has 0 radical (unpaired) electrons. The SMILES string of the molecule is Cc1ncn(-c2ccc(Nc3nc4n(n3)CCCN4c3ccc(F)cc3)cc2OC(F)F)n1. The number of hydrogen-bond donors (Lipinski definition) is 1. The zero-order chi connectivity index (χ0) is 22.9. The molecule has 0 spiro atoms. The highest BCUT2D eigenvalue weighted by Gasteiger charge is 2.23. The van der Waals surface area contributed by atoms with Crippen molar-refractivity contribution in [3.63, 3.8) is 0 Å². The molecule has 0 bridgehead atoms. The molecule has 0 amide bonds. The molecule has 12 heteroatoms. The Labute approximate surface area is 186 Å². The monoisotopic (exact) mass is 456 g/mol. The van der Waals surface area contributed by atoms with E-state index in [-0.39, 0.29) is 11.6 Å². The number of hydrogen-bond acceptors (Lipinski definition) is 7. The topological polar surface area (TPSA) is 85.9 Å². The molecule has 1 aliphatic rings. The molecule has 0 saturated heterocycles. The summed E-state index contributed by atoms with van der Waals surface area (Å²) in [5.41, 5.74) is 1.58. The zero-order valence-corrected chi connectivity index (χ0v) is 17.5. The Morgan fingerprint density at radius 1 is 1.06 bits per heavy atom. The fourth-order valence-electron chi connectivity index (χ4n) is 3.64. The summed E-state index contributed by atoms with van der Waals surface area (Å²) in [6.45, 7) is 0.0706. The number of ether oxygens (including phenoxy) is 1. The predicted octanol–water partition coefficient (Wildman–Crippen LogP) is 4.19. The van der Waals surface area contributed by atoms with Gasteiger partial charge < -0.3 is 15.0 Å². The summed E-state index contributed by atoms with van der Waals surface area (Å²) in [7, 11) is 0. The number of aryl methyl sites for hydroxylation is 2. The van der Waals surface area contributed by atoms with E-state index in [9.17, 15) is 13.2 Å². The smallest absolute Gasteiger partial charge is 0.387 e. The van der Waals surface area contributed by atoms with Crippen molar-refractivity contribution < 1.29 is 17.9 Å². The average Bonchev–Trinajstić information content (AvgIpc) is 3.39. The Hall–Kier alpha value is -4.09. The number of anilines is 4. The maximum atomic E-state index is 13.3. The second-order valence-electron chi connectivity index (χ2n) is 7.36. The fraction of sp³-hybridized carbons (Fsp3) is 0.238. The number of fused-ring (bicyclic) bond motifs is 1. The first-order valence-electron chi connectivity index (χ1n) is 10.2. The molecule has 0 saturated carbocycles. The number of nitrogens with one attached hydrogen (secondary N) is 1. The first-order valence-corrected chi connectivity index (χ1v) is 10.2. The molecule has 5 rings (SSSR count). The normalized spacial score (nSPS) is 13.3. The summed E-state index contributed by atoms with van der Waals surface area (Å²) < 4.78 is 47.2. The highest BCUT2D eigenvalue weighted by atomic mass is 19.3. The number of aromatic nitrogens is 6. The van der Waals surface area contributed by atoms with E-state index in [1.165, 1.54) is 29.2 Å². The van der Waals surface area contributed by atoms with Crippen molar-refractivity contribution in [3.05, 3.63) is 60.4 Å². The van der Waals surface area contributed by atoms with Gasteiger partial charge in [0.2, 0.25) is 11.9 Å². The molecule has 170 valence electrons. The first kappa shape index (κ1) is 20.8. The van der Waals surface area contributed by atoms with Crippen LogP contribution < -0.4 is 15.0 Å². The van der Waals surface area contributed by atoms with Gasteiger partial charge in [0, 0.05) is 30.5 Å². The molecule has 1 aliphatic heterocycles. The van der Waals surface area contributed by atoms with Crippen LogP contribution in [0.25, 0.3) is 5.69 Å². The third-order valence-corrected chi connectivity index (χ3v) is 5.07. The first-order chi connectivity index (χ1) is 16.0. The Bertz CT molecular complexity index is 1270. The zero-order valence-electron chi connectivity index (χ0n) is 17.5. The average molecular weight is 456 g/mol. The van der Waals surface area contributed by atoms with Crippen LogP contribution in [0.3, 0.4) is 0 Å². The maximum absolute atomic E-state index is 13.3. The van der Waals surface area contributed by atoms with Crippen molar-refractivity contribution >= 4 is 23.3 Å². The van der Waals surface area contributed by atoms with Gasteiger partial charge >= 0.3 is 6.61 Å². The van der Waals surface area contributed by atoms with Crippen LogP contribution in [0.4, 0.5) is 36.4 Å². The number of rotatable bonds is 6. The minimum Gasteiger partial charge on any atom is -0.432 e. The quantitative estimate of drug-likeness (QED) is 0.466. The summed E-state index contributed by atoms with van der Waals surface area (Å²) in [5, 5.41) is 11.7. The van der Waals surface area contributed by atoms with E-state index in [2.05, 4.69) is 25.5 Å². The van der Waals surface area contributed by atoms with Gasteiger partial charge in [0.25, 0.3) is 0 Å². The van der Waals surface area contributed by atoms with Crippen LogP contribution in [-0.4, -0.2) is 42.7 Å². The van der Waals surface area contributed by atoms with Crippen LogP contribution in [0.2, 0.25) is 0 Å². The minimum atomic E-state index is -3.01. The van der Waals surface area contributed by atoms with E-state index in [4.69, 9.17) is 4.74 Å². The molecule has 9 nitrogen and oxygen atoms in total. The number of benzene rings is 2. The Kier molecular flexibility index (Phi) is 5.32. The second kappa shape index (κ2) is 8.45. The lowest BCUT2D eigenvalue weighted by molar-refractivity contribution is -0.0498. The highest BCUT2D eigenvalue weighted by Crippen LogP contribution is 2.32. The van der Waals surface area contributed by atoms with E-state index in [1.54, 1.807) is 35.9 Å². The molecular formula is C21H19F3N8O. The van der Waals surface area contributed by atoms with Gasteiger partial charge in [0.05, 0.1) is 0 Å². The van der Waals surface area contributed by atoms with Gasteiger partial charge in [-0.05, 0) is 49.7 Å². The van der Waals surface area contributed by atoms with Crippen LogP contribution in [0.15, 0.2) is 48.8 Å². The van der Waals surface area contributed by atoms with E-state index in [1.807, 2.05) is 4.90 Å². The molecule has 0 aliphatic carbocycles. The predicted molar refractivity (Wildman–Crippen MR) is 114 cm³/mol. The van der Waals surface area contributed by atoms with E-state index in [0.717, 1.165) is 12.1 Å². The van der Waals surface area contributed by atoms with E-state index >= 15 is 0 Å². The summed E-state index contributed by atoms with van der Waals surface area (Å²) in [6.07, 6.45) is 2.26. The largest absolute Gasteiger partial charge is 0.432 e. The number of halogens is 3. The lowest BCUT2D eigenvalue weighted by Crippen LogP contribution is -2.28. The second-order valence-corrected chi connectivity index (χ2v) is 7.36. The molecule has 2 aromatic carbocycles. The third-order valence-electron chi connectivity index (χ3n) is 5.07. The Morgan fingerprint density at radius 3 is 2.61 bits per heavy atom. The van der Waals surface area contributed by atoms with E-state index < -0.39 is 6.61 Å². The van der Waals surface area contributed by atoms with Crippen LogP contribution in [0.5, 0.6) is 5.75 Å². The van der Waals surface area contributed by atoms with Gasteiger partial charge in [0.15, 0.2) is 5.75 Å². The third kappa shape index (κ3) is 4.31. The summed E-state index contributed by atoms with van der Waals surface area (Å²) in [5.74, 6) is 1.02. The molecule has 0 fully saturated rings. The van der Waals surface area contributed by atoms with Crippen molar-refractivity contribution in [2.75, 3.05) is 16.8 Å². The molecule has 2 aromatic heterocycles. The van der Waals surface area contributed by atoms with Crippen molar-refractivity contribution in [2.45, 2.75) is 26.5 Å². The molecule has 0 unspecified atom stereocenters. The van der Waals surface area contributed by atoms with E-state index in [0.29, 0.717) is 42.2 Å². The molecule has 3 heterocycles. The van der Waals surface area contributed by atoms with Crippen LogP contribution in [0.1, 0.15) is 12.2 Å². The van der Waals surface area contributed by atoms with Gasteiger partial charge in [-0.1, -0.05) is 0 Å². The number of nitrogens with zero attached hydrogens (tertiary/aromatic N) is 7. The van der Waals surface area contributed by atoms with Gasteiger partial charge in [-0.25, -0.2) is 18.7 Å². The van der Waals surface area contributed by atoms with Crippen molar-refractivity contribution in [1.29, 1.82) is 0 Å². The lowest BCUT2D eigenvalue weighted by atomic mass is 10.2. The molecule has 4 aromatic rings. The van der Waals surface area contributed by atoms with Crippen molar-refractivity contribution in [3.8, 4) is 11.4 Å². The number of alkyl halides is 2. The summed E-state index contributed by atoms with van der Waals surface area (Å²) in [4.78, 5) is 10.5. The van der Waals surface area contributed by atoms with Gasteiger partial charge in [-0.2, -0.15) is 18.9 Å².